The Morgan fingerprint density at radius 2 is 1.55 bits per heavy atom. The highest BCUT2D eigenvalue weighted by Crippen LogP contribution is 2.34. The minimum atomic E-state index is -0.919. The van der Waals surface area contributed by atoms with Crippen LogP contribution in [0.2, 0.25) is 0 Å². The van der Waals surface area contributed by atoms with Gasteiger partial charge in [-0.3, -0.25) is 9.59 Å². The van der Waals surface area contributed by atoms with Crippen molar-refractivity contribution in [2.75, 3.05) is 24.5 Å². The topological polar surface area (TPSA) is 138 Å². The number of rotatable bonds is 15. The number of carboxylic acid groups (broad SMARTS) is 1. The molecule has 0 spiro atoms. The fourth-order valence-corrected chi connectivity index (χ4v) is 6.20. The van der Waals surface area contributed by atoms with Crippen molar-refractivity contribution < 1.29 is 14.7 Å². The van der Waals surface area contributed by atoms with Crippen LogP contribution in [-0.2, 0) is 16.0 Å². The van der Waals surface area contributed by atoms with Gasteiger partial charge in [0.05, 0.1) is 17.8 Å². The zero-order valence-electron chi connectivity index (χ0n) is 28.9. The maximum absolute atomic E-state index is 12.6. The van der Waals surface area contributed by atoms with E-state index in [4.69, 9.17) is 15.5 Å². The largest absolute Gasteiger partial charge is 0.481 e. The number of amides is 1. The van der Waals surface area contributed by atoms with Gasteiger partial charge in [0.15, 0.2) is 0 Å². The fraction of sp³-hybridized carbons (Fsp3) is 0.190. The lowest BCUT2D eigenvalue weighted by molar-refractivity contribution is -0.136. The van der Waals surface area contributed by atoms with Gasteiger partial charge in [0.1, 0.15) is 5.82 Å². The number of aliphatic carboxylic acids is 1. The zero-order valence-corrected chi connectivity index (χ0v) is 28.9. The molecule has 0 unspecified atom stereocenters. The van der Waals surface area contributed by atoms with Crippen molar-refractivity contribution >= 4 is 40.3 Å². The minimum Gasteiger partial charge on any atom is -0.481 e. The molecule has 2 aromatic heterocycles. The van der Waals surface area contributed by atoms with Gasteiger partial charge < -0.3 is 30.7 Å². The van der Waals surface area contributed by atoms with Gasteiger partial charge in [-0.1, -0.05) is 66.7 Å². The predicted molar refractivity (Wildman–Crippen MR) is 206 cm³/mol. The fourth-order valence-electron chi connectivity index (χ4n) is 6.20. The summed E-state index contributed by atoms with van der Waals surface area (Å²) < 4.78 is 0. The van der Waals surface area contributed by atoms with Crippen LogP contribution in [0.25, 0.3) is 50.9 Å². The van der Waals surface area contributed by atoms with Crippen LogP contribution in [0.3, 0.4) is 0 Å². The highest BCUT2D eigenvalue weighted by molar-refractivity contribution is 6.00. The molecule has 0 aliphatic carbocycles. The first kappa shape index (κ1) is 34.6. The number of nitrogens with one attached hydrogen (secondary N) is 4. The van der Waals surface area contributed by atoms with Gasteiger partial charge >= 0.3 is 5.97 Å². The first-order chi connectivity index (χ1) is 24.8. The molecule has 6 aromatic rings. The van der Waals surface area contributed by atoms with Crippen LogP contribution in [0.5, 0.6) is 0 Å². The second-order valence-corrected chi connectivity index (χ2v) is 12.3. The number of H-pyrrole nitrogens is 2. The van der Waals surface area contributed by atoms with E-state index in [1.807, 2.05) is 72.9 Å². The lowest BCUT2D eigenvalue weighted by atomic mass is 10.0. The van der Waals surface area contributed by atoms with Crippen LogP contribution in [0, 0.1) is 5.41 Å². The van der Waals surface area contributed by atoms with Crippen LogP contribution >= 0.6 is 0 Å². The Balaban J connectivity index is 1.20. The Labute approximate surface area is 297 Å². The van der Waals surface area contributed by atoms with Crippen molar-refractivity contribution in [3.8, 4) is 33.9 Å². The van der Waals surface area contributed by atoms with E-state index in [9.17, 15) is 9.59 Å². The van der Waals surface area contributed by atoms with E-state index >= 15 is 0 Å². The van der Waals surface area contributed by atoms with E-state index in [0.29, 0.717) is 12.1 Å². The molecular formula is C42H42N6O3. The summed E-state index contributed by atoms with van der Waals surface area (Å²) >= 11 is 0. The quantitative estimate of drug-likeness (QED) is 0.0549. The van der Waals surface area contributed by atoms with Crippen LogP contribution < -0.4 is 10.2 Å². The first-order valence-electron chi connectivity index (χ1n) is 17.3. The first-order valence-corrected chi connectivity index (χ1v) is 17.3. The van der Waals surface area contributed by atoms with Crippen molar-refractivity contribution in [2.45, 2.75) is 33.1 Å². The molecule has 9 nitrogen and oxygen atoms in total. The molecule has 0 aliphatic rings. The molecule has 51 heavy (non-hydrogen) atoms. The molecule has 0 radical (unpaired) electrons. The van der Waals surface area contributed by atoms with Gasteiger partial charge in [-0.15, -0.1) is 0 Å². The van der Waals surface area contributed by atoms with E-state index in [1.165, 1.54) is 10.9 Å². The third kappa shape index (κ3) is 8.33. The van der Waals surface area contributed by atoms with E-state index in [0.717, 1.165) is 70.2 Å². The number of para-hydroxylation sites is 1. The number of anilines is 1. The summed E-state index contributed by atoms with van der Waals surface area (Å²) in [5, 5.41) is 21.5. The summed E-state index contributed by atoms with van der Waals surface area (Å²) in [6.07, 6.45) is 6.19. The smallest absolute Gasteiger partial charge is 0.303 e. The van der Waals surface area contributed by atoms with Crippen LogP contribution in [-0.4, -0.2) is 57.3 Å². The Morgan fingerprint density at radius 1 is 0.863 bits per heavy atom. The number of carbonyl (C=O) groups is 2. The number of aromatic amines is 2. The molecule has 9 heteroatoms. The van der Waals surface area contributed by atoms with Gasteiger partial charge in [-0.05, 0) is 79.8 Å². The Kier molecular flexibility index (Phi) is 10.9. The Morgan fingerprint density at radius 3 is 2.25 bits per heavy atom. The van der Waals surface area contributed by atoms with E-state index < -0.39 is 5.97 Å². The van der Waals surface area contributed by atoms with Gasteiger partial charge in [0, 0.05) is 70.9 Å². The van der Waals surface area contributed by atoms with Crippen molar-refractivity contribution in [3.05, 3.63) is 126 Å². The molecule has 0 atom stereocenters. The summed E-state index contributed by atoms with van der Waals surface area (Å²) in [6.45, 7) is 6.68. The number of hydrogen-bond acceptors (Lipinski definition) is 5. The number of fused-ring (bicyclic) bond motifs is 1. The second kappa shape index (κ2) is 16.0. The second-order valence-electron chi connectivity index (χ2n) is 12.3. The molecule has 6 rings (SSSR count). The summed E-state index contributed by atoms with van der Waals surface area (Å²) in [5.74, 6) is -0.333. The molecule has 2 heterocycles. The Bertz CT molecular complexity index is 2160. The average molecular weight is 679 g/mol. The van der Waals surface area contributed by atoms with E-state index in [2.05, 4.69) is 64.4 Å². The van der Waals surface area contributed by atoms with Crippen molar-refractivity contribution in [1.29, 1.82) is 5.41 Å². The highest BCUT2D eigenvalue weighted by Gasteiger charge is 2.17. The number of carbonyl (C=O) groups excluding carboxylic acids is 1. The number of carboxylic acids is 1. The standard InChI is InChI=1S/C42H42N6O3/c1-3-48(4-2)34-20-18-32(19-21-34)42-46-40(41(47-42)31-16-14-29(15-17-31)36(43)22-24-39(50)51)30-12-9-28(10-13-30)11-23-38(49)44-26-25-33-27-45-37-8-6-5-7-35(33)37/h5-21,23,27,43,45H,3-4,22,24-26H2,1-2H3,(H,44,49)(H,46,47)(H,50,51)/b23-11+,43-36?. The molecule has 258 valence electrons. The van der Waals surface area contributed by atoms with Gasteiger partial charge in [0.25, 0.3) is 0 Å². The molecule has 0 fully saturated rings. The van der Waals surface area contributed by atoms with Crippen LogP contribution in [0.4, 0.5) is 5.69 Å². The van der Waals surface area contributed by atoms with Crippen LogP contribution in [0.15, 0.2) is 109 Å². The molecule has 5 N–H and O–H groups in total. The molecule has 4 aromatic carbocycles. The predicted octanol–water partition coefficient (Wildman–Crippen LogP) is 8.34. The molecule has 0 aliphatic heterocycles. The molecule has 0 bridgehead atoms. The van der Waals surface area contributed by atoms with Gasteiger partial charge in [-0.25, -0.2) is 4.98 Å². The summed E-state index contributed by atoms with van der Waals surface area (Å²) in [7, 11) is 0. The normalized spacial score (nSPS) is 11.3. The monoisotopic (exact) mass is 678 g/mol. The molecule has 1 amide bonds. The number of hydrogen-bond donors (Lipinski definition) is 5. The van der Waals surface area contributed by atoms with Gasteiger partial charge in [0.2, 0.25) is 5.91 Å². The summed E-state index contributed by atoms with van der Waals surface area (Å²) in [6, 6.07) is 32.0. The number of benzene rings is 4. The average Bonchev–Trinajstić information content (AvgIpc) is 3.79. The number of imidazole rings is 1. The number of aromatic nitrogens is 3. The third-order valence-electron chi connectivity index (χ3n) is 9.06. The van der Waals surface area contributed by atoms with Crippen molar-refractivity contribution in [2.24, 2.45) is 0 Å². The maximum Gasteiger partial charge on any atom is 0.303 e. The highest BCUT2D eigenvalue weighted by atomic mass is 16.4. The molecular weight excluding hydrogens is 637 g/mol. The summed E-state index contributed by atoms with van der Waals surface area (Å²) in [5.41, 5.74) is 9.65. The minimum absolute atomic E-state index is 0.0812. The molecule has 0 saturated carbocycles. The van der Waals surface area contributed by atoms with E-state index in [-0.39, 0.29) is 24.5 Å². The third-order valence-corrected chi connectivity index (χ3v) is 9.06. The van der Waals surface area contributed by atoms with E-state index in [1.54, 1.807) is 12.2 Å². The maximum atomic E-state index is 12.6. The van der Waals surface area contributed by atoms with Gasteiger partial charge in [-0.2, -0.15) is 0 Å². The number of nitrogens with zero attached hydrogens (tertiary/aromatic N) is 2. The van der Waals surface area contributed by atoms with Crippen molar-refractivity contribution in [1.82, 2.24) is 20.3 Å². The lowest BCUT2D eigenvalue weighted by Gasteiger charge is -2.20. The lowest BCUT2D eigenvalue weighted by Crippen LogP contribution is -2.23. The Hall–Kier alpha value is -6.22. The SMILES string of the molecule is CCN(CC)c1ccc(-c2nc(-c3ccc(C(=N)CCC(=O)O)cc3)c(-c3ccc(/C=C/C(=O)NCCc4c[nH]c5ccccc45)cc3)[nH]2)cc1. The van der Waals surface area contributed by atoms with Crippen molar-refractivity contribution in [3.63, 3.8) is 0 Å². The summed E-state index contributed by atoms with van der Waals surface area (Å²) in [4.78, 5) is 37.8. The molecule has 0 saturated heterocycles. The van der Waals surface area contributed by atoms with Crippen LogP contribution in [0.1, 0.15) is 43.4 Å². The zero-order chi connectivity index (χ0) is 35.7.